The summed E-state index contributed by atoms with van der Waals surface area (Å²) in [6, 6.07) is 4.39. The molecule has 3 N–H and O–H groups in total. The molecule has 1 aliphatic heterocycles. The number of fused-ring (bicyclic) bond motifs is 1. The van der Waals surface area contributed by atoms with Gasteiger partial charge in [-0.2, -0.15) is 0 Å². The van der Waals surface area contributed by atoms with Crippen molar-refractivity contribution >= 4 is 17.0 Å². The summed E-state index contributed by atoms with van der Waals surface area (Å²) < 4.78 is 0. The molecule has 7 nitrogen and oxygen atoms in total. The molecule has 1 fully saturated rings. The van der Waals surface area contributed by atoms with Gasteiger partial charge in [-0.3, -0.25) is 0 Å². The molecule has 0 aromatic carbocycles. The highest BCUT2D eigenvalue weighted by Gasteiger charge is 2.17. The van der Waals surface area contributed by atoms with Crippen LogP contribution in [0.1, 0.15) is 12.8 Å². The van der Waals surface area contributed by atoms with E-state index < -0.39 is 0 Å². The summed E-state index contributed by atoms with van der Waals surface area (Å²) in [6.07, 6.45) is 7.08. The number of nitrogens with two attached hydrogens (primary N) is 1. The number of H-pyrrole nitrogens is 1. The molecule has 0 radical (unpaired) electrons. The Morgan fingerprint density at radius 1 is 1.14 bits per heavy atom. The smallest absolute Gasteiger partial charge is 0.161 e. The lowest BCUT2D eigenvalue weighted by Crippen LogP contribution is -2.40. The second-order valence-electron chi connectivity index (χ2n) is 5.57. The number of nitrogens with one attached hydrogen (secondary N) is 1. The molecule has 4 rings (SSSR count). The molecule has 0 amide bonds. The summed E-state index contributed by atoms with van der Waals surface area (Å²) in [4.78, 5) is 22.6. The molecular formula is C15H17N7. The Labute approximate surface area is 127 Å². The van der Waals surface area contributed by atoms with Gasteiger partial charge in [0.15, 0.2) is 5.65 Å². The highest BCUT2D eigenvalue weighted by Crippen LogP contribution is 2.22. The van der Waals surface area contributed by atoms with Gasteiger partial charge in [0.2, 0.25) is 0 Å². The Morgan fingerprint density at radius 3 is 2.73 bits per heavy atom. The van der Waals surface area contributed by atoms with E-state index in [1.165, 1.54) is 6.33 Å². The van der Waals surface area contributed by atoms with Crippen LogP contribution in [0.25, 0.3) is 22.6 Å². The Morgan fingerprint density at radius 2 is 2.00 bits per heavy atom. The fourth-order valence-corrected chi connectivity index (χ4v) is 2.74. The largest absolute Gasteiger partial charge is 0.357 e. The Kier molecular flexibility index (Phi) is 3.19. The van der Waals surface area contributed by atoms with Crippen LogP contribution in [0.3, 0.4) is 0 Å². The molecule has 0 saturated carbocycles. The van der Waals surface area contributed by atoms with Crippen LogP contribution >= 0.6 is 0 Å². The molecule has 22 heavy (non-hydrogen) atoms. The van der Waals surface area contributed by atoms with Gasteiger partial charge in [-0.1, -0.05) is 0 Å². The third-order valence-corrected chi connectivity index (χ3v) is 4.05. The van der Waals surface area contributed by atoms with Gasteiger partial charge in [0, 0.05) is 30.9 Å². The quantitative estimate of drug-likeness (QED) is 0.740. The Bertz CT molecular complexity index is 739. The minimum absolute atomic E-state index is 0.326. The minimum Gasteiger partial charge on any atom is -0.357 e. The maximum Gasteiger partial charge on any atom is 0.161 e. The first-order valence-electron chi connectivity index (χ1n) is 7.42. The Balaban J connectivity index is 1.58. The molecule has 4 heterocycles. The second-order valence-corrected chi connectivity index (χ2v) is 5.57. The molecular weight excluding hydrogens is 278 g/mol. The zero-order valence-electron chi connectivity index (χ0n) is 12.1. The molecule has 0 spiro atoms. The normalized spacial score (nSPS) is 16.3. The van der Waals surface area contributed by atoms with Crippen LogP contribution in [0.4, 0.5) is 5.82 Å². The summed E-state index contributed by atoms with van der Waals surface area (Å²) in [5.41, 5.74) is 8.37. The summed E-state index contributed by atoms with van der Waals surface area (Å²) in [6.45, 7) is 1.93. The van der Waals surface area contributed by atoms with Gasteiger partial charge in [0.25, 0.3) is 0 Å². The van der Waals surface area contributed by atoms with Gasteiger partial charge in [-0.15, -0.1) is 0 Å². The first-order chi connectivity index (χ1) is 10.8. The fourth-order valence-electron chi connectivity index (χ4n) is 2.74. The zero-order chi connectivity index (χ0) is 14.9. The predicted octanol–water partition coefficient (Wildman–Crippen LogP) is 1.34. The molecule has 0 atom stereocenters. The summed E-state index contributed by atoms with van der Waals surface area (Å²) >= 11 is 0. The van der Waals surface area contributed by atoms with Gasteiger partial charge in [0.1, 0.15) is 23.5 Å². The van der Waals surface area contributed by atoms with Crippen molar-refractivity contribution in [3.63, 3.8) is 0 Å². The fraction of sp³-hybridized carbons (Fsp3) is 0.333. The first kappa shape index (κ1) is 13.1. The summed E-state index contributed by atoms with van der Waals surface area (Å²) in [5.74, 6) is 1.75. The number of anilines is 1. The highest BCUT2D eigenvalue weighted by atomic mass is 15.2. The number of aromatic amines is 1. The topological polar surface area (TPSA) is 96.6 Å². The van der Waals surface area contributed by atoms with Gasteiger partial charge >= 0.3 is 0 Å². The SMILES string of the molecule is NC1CCN(c2ccc(-c3nc4cncnc4[nH]3)cn2)CC1. The third kappa shape index (κ3) is 2.39. The number of hydrogen-bond donors (Lipinski definition) is 2. The van der Waals surface area contributed by atoms with Gasteiger partial charge in [-0.05, 0) is 25.0 Å². The van der Waals surface area contributed by atoms with E-state index >= 15 is 0 Å². The molecule has 0 unspecified atom stereocenters. The second kappa shape index (κ2) is 5.34. The number of nitrogens with zero attached hydrogens (tertiary/aromatic N) is 5. The molecule has 3 aromatic heterocycles. The molecule has 7 heteroatoms. The van der Waals surface area contributed by atoms with Crippen molar-refractivity contribution in [1.82, 2.24) is 24.9 Å². The van der Waals surface area contributed by atoms with Crippen LogP contribution < -0.4 is 10.6 Å². The molecule has 0 aliphatic carbocycles. The van der Waals surface area contributed by atoms with E-state index in [9.17, 15) is 0 Å². The van der Waals surface area contributed by atoms with Crippen molar-refractivity contribution in [1.29, 1.82) is 0 Å². The molecule has 1 aliphatic rings. The van der Waals surface area contributed by atoms with Crippen molar-refractivity contribution in [2.75, 3.05) is 18.0 Å². The minimum atomic E-state index is 0.326. The monoisotopic (exact) mass is 295 g/mol. The van der Waals surface area contributed by atoms with Crippen molar-refractivity contribution in [3.8, 4) is 11.4 Å². The molecule has 3 aromatic rings. The number of pyridine rings is 1. The van der Waals surface area contributed by atoms with E-state index in [1.54, 1.807) is 6.20 Å². The first-order valence-corrected chi connectivity index (χ1v) is 7.42. The van der Waals surface area contributed by atoms with Crippen molar-refractivity contribution < 1.29 is 0 Å². The average molecular weight is 295 g/mol. The van der Waals surface area contributed by atoms with Crippen LogP contribution in [0.15, 0.2) is 30.9 Å². The van der Waals surface area contributed by atoms with Crippen LogP contribution in [0.5, 0.6) is 0 Å². The van der Waals surface area contributed by atoms with E-state index in [2.05, 4.69) is 29.8 Å². The lowest BCUT2D eigenvalue weighted by atomic mass is 10.1. The summed E-state index contributed by atoms with van der Waals surface area (Å²) in [5, 5.41) is 0. The van der Waals surface area contributed by atoms with Crippen molar-refractivity contribution in [3.05, 3.63) is 30.9 Å². The lowest BCUT2D eigenvalue weighted by molar-refractivity contribution is 0.498. The number of aromatic nitrogens is 5. The Hall–Kier alpha value is -2.54. The van der Waals surface area contributed by atoms with E-state index in [-0.39, 0.29) is 0 Å². The molecule has 1 saturated heterocycles. The molecule has 0 bridgehead atoms. The lowest BCUT2D eigenvalue weighted by Gasteiger charge is -2.31. The number of imidazole rings is 1. The summed E-state index contributed by atoms with van der Waals surface area (Å²) in [7, 11) is 0. The third-order valence-electron chi connectivity index (χ3n) is 4.05. The van der Waals surface area contributed by atoms with Crippen LogP contribution in [0, 0.1) is 0 Å². The average Bonchev–Trinajstić information content (AvgIpc) is 3.00. The zero-order valence-corrected chi connectivity index (χ0v) is 12.1. The standard InChI is InChI=1S/C15H17N7/c16-11-3-5-22(6-4-11)13-2-1-10(7-18-13)14-20-12-8-17-9-19-15(12)21-14/h1-2,7-9,11H,3-6,16H2,(H,17,19,20,21). The van der Waals surface area contributed by atoms with Crippen molar-refractivity contribution in [2.45, 2.75) is 18.9 Å². The number of piperidine rings is 1. The van der Waals surface area contributed by atoms with E-state index in [1.807, 2.05) is 18.3 Å². The van der Waals surface area contributed by atoms with E-state index in [0.717, 1.165) is 54.3 Å². The van der Waals surface area contributed by atoms with Crippen LogP contribution in [-0.2, 0) is 0 Å². The van der Waals surface area contributed by atoms with E-state index in [0.29, 0.717) is 6.04 Å². The highest BCUT2D eigenvalue weighted by molar-refractivity contribution is 5.74. The van der Waals surface area contributed by atoms with Crippen LogP contribution in [-0.4, -0.2) is 44.1 Å². The van der Waals surface area contributed by atoms with Gasteiger partial charge < -0.3 is 15.6 Å². The van der Waals surface area contributed by atoms with Gasteiger partial charge in [-0.25, -0.2) is 19.9 Å². The number of hydrogen-bond acceptors (Lipinski definition) is 6. The maximum absolute atomic E-state index is 5.94. The van der Waals surface area contributed by atoms with Gasteiger partial charge in [0.05, 0.1) is 6.20 Å². The van der Waals surface area contributed by atoms with Crippen molar-refractivity contribution in [2.24, 2.45) is 5.73 Å². The van der Waals surface area contributed by atoms with E-state index in [4.69, 9.17) is 5.73 Å². The maximum atomic E-state index is 5.94. The molecule has 112 valence electrons. The predicted molar refractivity (Wildman–Crippen MR) is 84.3 cm³/mol. The number of rotatable bonds is 2. The van der Waals surface area contributed by atoms with Crippen LogP contribution in [0.2, 0.25) is 0 Å².